The number of aryl methyl sites for hydroxylation is 2. The third-order valence-electron chi connectivity index (χ3n) is 9.18. The molecule has 0 saturated carbocycles. The van der Waals surface area contributed by atoms with E-state index in [9.17, 15) is 0 Å². The molecule has 0 aliphatic carbocycles. The molecule has 0 amide bonds. The fourth-order valence-electron chi connectivity index (χ4n) is 7.39. The lowest BCUT2D eigenvalue weighted by Crippen LogP contribution is -2.09. The van der Waals surface area contributed by atoms with Gasteiger partial charge in [-0.25, -0.2) is 9.97 Å². The molecule has 4 heteroatoms. The summed E-state index contributed by atoms with van der Waals surface area (Å²) in [6.07, 6.45) is 8.23. The number of rotatable bonds is 5. The third kappa shape index (κ3) is 5.10. The van der Waals surface area contributed by atoms with E-state index in [4.69, 9.17) is 9.97 Å². The van der Waals surface area contributed by atoms with Crippen molar-refractivity contribution in [2.45, 2.75) is 67.2 Å². The number of fused-ring (bicyclic) bond motifs is 12. The Morgan fingerprint density at radius 3 is 1.26 bits per heavy atom. The second-order valence-electron chi connectivity index (χ2n) is 15.6. The van der Waals surface area contributed by atoms with Crippen molar-refractivity contribution in [3.63, 3.8) is 0 Å². The highest BCUT2D eigenvalue weighted by Crippen LogP contribution is 2.34. The SMILES string of the molecule is CC(C)(C)Cc1ccc2c(c1)c1ccccc1c1nc(CCc3cn4c5ccc(CC(C)(C)C)cc5c5ccccc5c4n3)cn21. The lowest BCUT2D eigenvalue weighted by molar-refractivity contribution is 0.411. The lowest BCUT2D eigenvalue weighted by Gasteiger charge is -2.19. The van der Waals surface area contributed by atoms with Gasteiger partial charge in [0.1, 0.15) is 11.3 Å². The highest BCUT2D eigenvalue weighted by atomic mass is 15.0. The maximum Gasteiger partial charge on any atom is 0.145 e. The molecule has 230 valence electrons. The fraction of sp³-hybridized carbons (Fsp3) is 0.286. The summed E-state index contributed by atoms with van der Waals surface area (Å²) in [4.78, 5) is 10.4. The van der Waals surface area contributed by atoms with Crippen LogP contribution in [0.1, 0.15) is 64.1 Å². The van der Waals surface area contributed by atoms with Gasteiger partial charge in [0.15, 0.2) is 0 Å². The van der Waals surface area contributed by atoms with Crippen molar-refractivity contribution in [2.24, 2.45) is 10.8 Å². The molecular formula is C42H42N4. The first kappa shape index (κ1) is 28.8. The van der Waals surface area contributed by atoms with Crippen LogP contribution in [0.15, 0.2) is 97.3 Å². The highest BCUT2D eigenvalue weighted by Gasteiger charge is 2.18. The summed E-state index contributed by atoms with van der Waals surface area (Å²) in [6, 6.07) is 31.4. The molecule has 8 rings (SSSR count). The number of aromatic nitrogens is 4. The molecule has 0 radical (unpaired) electrons. The molecular weight excluding hydrogens is 560 g/mol. The second kappa shape index (κ2) is 10.4. The van der Waals surface area contributed by atoms with Crippen molar-refractivity contribution in [3.05, 3.63) is 120 Å². The Morgan fingerprint density at radius 1 is 0.478 bits per heavy atom. The van der Waals surface area contributed by atoms with Crippen LogP contribution < -0.4 is 0 Å². The number of hydrogen-bond acceptors (Lipinski definition) is 2. The maximum absolute atomic E-state index is 5.21. The van der Waals surface area contributed by atoms with Crippen molar-refractivity contribution in [1.82, 2.24) is 18.8 Å². The summed E-state index contributed by atoms with van der Waals surface area (Å²) in [5.74, 6) is 0. The van der Waals surface area contributed by atoms with Gasteiger partial charge in [0, 0.05) is 33.9 Å². The van der Waals surface area contributed by atoms with Gasteiger partial charge in [-0.05, 0) is 82.7 Å². The van der Waals surface area contributed by atoms with E-state index in [2.05, 4.69) is 148 Å². The normalized spacial score (nSPS) is 12.9. The zero-order chi connectivity index (χ0) is 31.8. The molecule has 0 aliphatic heterocycles. The Balaban J connectivity index is 1.19. The molecule has 0 N–H and O–H groups in total. The van der Waals surface area contributed by atoms with Gasteiger partial charge in [-0.1, -0.05) is 102 Å². The Kier molecular flexibility index (Phi) is 6.51. The molecule has 4 heterocycles. The smallest absolute Gasteiger partial charge is 0.145 e. The summed E-state index contributed by atoms with van der Waals surface area (Å²) >= 11 is 0. The van der Waals surface area contributed by atoms with Crippen LogP contribution >= 0.6 is 0 Å². The summed E-state index contributed by atoms with van der Waals surface area (Å²) < 4.78 is 4.60. The minimum absolute atomic E-state index is 0.238. The Hall–Kier alpha value is -4.70. The molecule has 0 saturated heterocycles. The standard InChI is InChI=1S/C42H42N4/c1-41(2,3)23-27-15-19-37-35(21-27)31-11-7-9-13-33(31)39-43-29(25-45(37)39)17-18-30-26-46-38-20-16-28(24-42(4,5)6)22-36(38)32-12-8-10-14-34(32)40(46)44-30/h7-16,19-22,25-26H,17-18,23-24H2,1-6H3. The molecule has 0 unspecified atom stereocenters. The number of hydrogen-bond donors (Lipinski definition) is 0. The predicted octanol–water partition coefficient (Wildman–Crippen LogP) is 10.6. The minimum Gasteiger partial charge on any atom is -0.299 e. The first-order valence-electron chi connectivity index (χ1n) is 16.6. The molecule has 0 fully saturated rings. The van der Waals surface area contributed by atoms with E-state index in [1.54, 1.807) is 0 Å². The predicted molar refractivity (Wildman–Crippen MR) is 194 cm³/mol. The minimum atomic E-state index is 0.238. The van der Waals surface area contributed by atoms with E-state index in [1.807, 2.05) is 0 Å². The third-order valence-corrected chi connectivity index (χ3v) is 9.18. The first-order chi connectivity index (χ1) is 22.0. The van der Waals surface area contributed by atoms with Crippen LogP contribution in [0.25, 0.3) is 54.6 Å². The van der Waals surface area contributed by atoms with E-state index in [0.29, 0.717) is 0 Å². The zero-order valence-electron chi connectivity index (χ0n) is 27.9. The van der Waals surface area contributed by atoms with Gasteiger partial charge in [-0.15, -0.1) is 0 Å². The van der Waals surface area contributed by atoms with Crippen LogP contribution in [0.4, 0.5) is 0 Å². The van der Waals surface area contributed by atoms with Gasteiger partial charge in [0.2, 0.25) is 0 Å². The largest absolute Gasteiger partial charge is 0.299 e. The van der Waals surface area contributed by atoms with Crippen LogP contribution in [0, 0.1) is 10.8 Å². The van der Waals surface area contributed by atoms with Gasteiger partial charge < -0.3 is 0 Å². The van der Waals surface area contributed by atoms with Crippen molar-refractivity contribution in [3.8, 4) is 0 Å². The molecule has 0 bridgehead atoms. The number of benzene rings is 4. The lowest BCUT2D eigenvalue weighted by atomic mass is 9.87. The molecule has 0 aliphatic rings. The molecule has 46 heavy (non-hydrogen) atoms. The van der Waals surface area contributed by atoms with Gasteiger partial charge in [0.05, 0.1) is 22.4 Å². The van der Waals surface area contributed by atoms with Crippen LogP contribution in [-0.4, -0.2) is 18.8 Å². The van der Waals surface area contributed by atoms with Gasteiger partial charge in [0.25, 0.3) is 0 Å². The van der Waals surface area contributed by atoms with Crippen molar-refractivity contribution in [2.75, 3.05) is 0 Å². The van der Waals surface area contributed by atoms with E-state index < -0.39 is 0 Å². The van der Waals surface area contributed by atoms with Gasteiger partial charge in [-0.3, -0.25) is 8.80 Å². The second-order valence-corrected chi connectivity index (χ2v) is 15.6. The first-order valence-corrected chi connectivity index (χ1v) is 16.6. The maximum atomic E-state index is 5.21. The Bertz CT molecular complexity index is 2270. The molecule has 0 spiro atoms. The van der Waals surface area contributed by atoms with Crippen molar-refractivity contribution >= 4 is 54.6 Å². The summed E-state index contributed by atoms with van der Waals surface area (Å²) in [5, 5.41) is 7.51. The molecule has 8 aromatic rings. The monoisotopic (exact) mass is 602 g/mol. The average Bonchev–Trinajstić information content (AvgIpc) is 3.64. The van der Waals surface area contributed by atoms with Crippen LogP contribution in [-0.2, 0) is 25.7 Å². The summed E-state index contributed by atoms with van der Waals surface area (Å²) in [7, 11) is 0. The highest BCUT2D eigenvalue weighted by molar-refractivity contribution is 6.12. The van der Waals surface area contributed by atoms with Crippen molar-refractivity contribution in [1.29, 1.82) is 0 Å². The van der Waals surface area contributed by atoms with E-state index in [0.717, 1.165) is 48.4 Å². The van der Waals surface area contributed by atoms with Crippen LogP contribution in [0.2, 0.25) is 0 Å². The van der Waals surface area contributed by atoms with E-state index >= 15 is 0 Å². The fourth-order valence-corrected chi connectivity index (χ4v) is 7.39. The molecule has 0 atom stereocenters. The number of imidazole rings is 2. The number of nitrogens with zero attached hydrogens (tertiary/aromatic N) is 4. The van der Waals surface area contributed by atoms with E-state index in [1.165, 1.54) is 54.5 Å². The van der Waals surface area contributed by atoms with Crippen LogP contribution in [0.5, 0.6) is 0 Å². The topological polar surface area (TPSA) is 34.6 Å². The molecule has 4 nitrogen and oxygen atoms in total. The quantitative estimate of drug-likeness (QED) is 0.184. The Morgan fingerprint density at radius 2 is 0.870 bits per heavy atom. The summed E-state index contributed by atoms with van der Waals surface area (Å²) in [6.45, 7) is 13.8. The van der Waals surface area contributed by atoms with Crippen LogP contribution in [0.3, 0.4) is 0 Å². The van der Waals surface area contributed by atoms with Gasteiger partial charge >= 0.3 is 0 Å². The zero-order valence-corrected chi connectivity index (χ0v) is 27.9. The van der Waals surface area contributed by atoms with Gasteiger partial charge in [-0.2, -0.15) is 0 Å². The Labute approximate surface area is 270 Å². The average molecular weight is 603 g/mol. The summed E-state index contributed by atoms with van der Waals surface area (Å²) in [5.41, 5.74) is 9.89. The number of pyridine rings is 2. The van der Waals surface area contributed by atoms with Crippen molar-refractivity contribution < 1.29 is 0 Å². The molecule has 4 aromatic heterocycles. The van der Waals surface area contributed by atoms with E-state index in [-0.39, 0.29) is 10.8 Å². The molecule has 4 aromatic carbocycles.